The number of rotatable bonds is 5. The molecule has 0 aliphatic carbocycles. The fourth-order valence-corrected chi connectivity index (χ4v) is 3.09. The SMILES string of the molecule is COc1ccccc1CNc1cncc(C(=O)N2CCC(C)CC2)c1. The number of para-hydroxylation sites is 1. The molecule has 5 nitrogen and oxygen atoms in total. The number of hydrogen-bond donors (Lipinski definition) is 1. The van der Waals surface area contributed by atoms with E-state index in [1.54, 1.807) is 19.5 Å². The highest BCUT2D eigenvalue weighted by Gasteiger charge is 2.21. The molecule has 1 aliphatic heterocycles. The smallest absolute Gasteiger partial charge is 0.255 e. The van der Waals surface area contributed by atoms with Gasteiger partial charge in [-0.25, -0.2) is 0 Å². The second-order valence-electron chi connectivity index (χ2n) is 6.60. The van der Waals surface area contributed by atoms with E-state index in [9.17, 15) is 4.79 Å². The van der Waals surface area contributed by atoms with E-state index in [4.69, 9.17) is 4.74 Å². The van der Waals surface area contributed by atoms with Crippen LogP contribution >= 0.6 is 0 Å². The summed E-state index contributed by atoms with van der Waals surface area (Å²) in [5.41, 5.74) is 2.54. The summed E-state index contributed by atoms with van der Waals surface area (Å²) < 4.78 is 5.37. The van der Waals surface area contributed by atoms with Crippen LogP contribution in [0.5, 0.6) is 5.75 Å². The molecule has 2 heterocycles. The Kier molecular flexibility index (Phi) is 5.53. The van der Waals surface area contributed by atoms with Gasteiger partial charge in [-0.05, 0) is 30.9 Å². The summed E-state index contributed by atoms with van der Waals surface area (Å²) in [6.45, 7) is 4.52. The molecule has 0 radical (unpaired) electrons. The van der Waals surface area contributed by atoms with Crippen LogP contribution in [0.15, 0.2) is 42.7 Å². The first kappa shape index (κ1) is 17.3. The average molecular weight is 339 g/mol. The molecule has 1 aromatic heterocycles. The maximum absolute atomic E-state index is 12.7. The van der Waals surface area contributed by atoms with E-state index in [0.717, 1.165) is 42.9 Å². The maximum atomic E-state index is 12.7. The Morgan fingerprint density at radius 3 is 2.80 bits per heavy atom. The van der Waals surface area contributed by atoms with E-state index in [1.807, 2.05) is 35.2 Å². The van der Waals surface area contributed by atoms with Crippen molar-refractivity contribution in [1.29, 1.82) is 0 Å². The molecule has 25 heavy (non-hydrogen) atoms. The highest BCUT2D eigenvalue weighted by molar-refractivity contribution is 5.94. The second-order valence-corrected chi connectivity index (χ2v) is 6.60. The van der Waals surface area contributed by atoms with Crippen LogP contribution in [0.4, 0.5) is 5.69 Å². The van der Waals surface area contributed by atoms with Gasteiger partial charge in [0.1, 0.15) is 5.75 Å². The zero-order valence-electron chi connectivity index (χ0n) is 14.9. The number of methoxy groups -OCH3 is 1. The molecular weight excluding hydrogens is 314 g/mol. The first-order valence-corrected chi connectivity index (χ1v) is 8.77. The fourth-order valence-electron chi connectivity index (χ4n) is 3.09. The predicted octanol–water partition coefficient (Wildman–Crippen LogP) is 3.57. The van der Waals surface area contributed by atoms with Crippen molar-refractivity contribution in [2.75, 3.05) is 25.5 Å². The molecule has 1 saturated heterocycles. The molecule has 1 N–H and O–H groups in total. The third-order valence-electron chi connectivity index (χ3n) is 4.73. The Morgan fingerprint density at radius 1 is 1.28 bits per heavy atom. The largest absolute Gasteiger partial charge is 0.496 e. The zero-order chi connectivity index (χ0) is 17.6. The Hall–Kier alpha value is -2.56. The van der Waals surface area contributed by atoms with Gasteiger partial charge in [0.05, 0.1) is 18.4 Å². The summed E-state index contributed by atoms with van der Waals surface area (Å²) in [4.78, 5) is 18.8. The number of carbonyl (C=O) groups is 1. The number of pyridine rings is 1. The minimum atomic E-state index is 0.0698. The first-order chi connectivity index (χ1) is 12.2. The lowest BCUT2D eigenvalue weighted by atomic mass is 9.99. The van der Waals surface area contributed by atoms with Gasteiger partial charge >= 0.3 is 0 Å². The molecular formula is C20H25N3O2. The molecule has 1 aromatic carbocycles. The van der Waals surface area contributed by atoms with Crippen molar-refractivity contribution in [3.63, 3.8) is 0 Å². The number of aromatic nitrogens is 1. The summed E-state index contributed by atoms with van der Waals surface area (Å²) in [5, 5.41) is 3.33. The van der Waals surface area contributed by atoms with Crippen LogP contribution in [-0.2, 0) is 6.54 Å². The van der Waals surface area contributed by atoms with Crippen LogP contribution in [0.1, 0.15) is 35.7 Å². The summed E-state index contributed by atoms with van der Waals surface area (Å²) in [5.74, 6) is 1.62. The molecule has 3 rings (SSSR count). The molecule has 0 unspecified atom stereocenters. The predicted molar refractivity (Wildman–Crippen MR) is 98.9 cm³/mol. The lowest BCUT2D eigenvalue weighted by Gasteiger charge is -2.30. The van der Waals surface area contributed by atoms with Crippen molar-refractivity contribution in [3.05, 3.63) is 53.9 Å². The zero-order valence-corrected chi connectivity index (χ0v) is 14.9. The minimum Gasteiger partial charge on any atom is -0.496 e. The molecule has 0 saturated carbocycles. The van der Waals surface area contributed by atoms with Gasteiger partial charge in [0, 0.05) is 37.6 Å². The van der Waals surface area contributed by atoms with Gasteiger partial charge in [-0.2, -0.15) is 0 Å². The first-order valence-electron chi connectivity index (χ1n) is 8.77. The van der Waals surface area contributed by atoms with E-state index >= 15 is 0 Å². The van der Waals surface area contributed by atoms with Gasteiger partial charge in [-0.15, -0.1) is 0 Å². The molecule has 0 atom stereocenters. The highest BCUT2D eigenvalue weighted by Crippen LogP contribution is 2.21. The number of nitrogens with zero attached hydrogens (tertiary/aromatic N) is 2. The van der Waals surface area contributed by atoms with Crippen LogP contribution < -0.4 is 10.1 Å². The number of piperidine rings is 1. The van der Waals surface area contributed by atoms with Gasteiger partial charge in [0.25, 0.3) is 5.91 Å². The Labute approximate surface area is 149 Å². The van der Waals surface area contributed by atoms with Crippen molar-refractivity contribution in [2.45, 2.75) is 26.3 Å². The molecule has 1 aliphatic rings. The number of carbonyl (C=O) groups excluding carboxylic acids is 1. The molecule has 1 fully saturated rings. The molecule has 5 heteroatoms. The van der Waals surface area contributed by atoms with Gasteiger partial charge in [0.15, 0.2) is 0 Å². The fraction of sp³-hybridized carbons (Fsp3) is 0.400. The van der Waals surface area contributed by atoms with Crippen molar-refractivity contribution >= 4 is 11.6 Å². The summed E-state index contributed by atoms with van der Waals surface area (Å²) in [6, 6.07) is 9.76. The molecule has 2 aromatic rings. The van der Waals surface area contributed by atoms with Crippen LogP contribution in [0.2, 0.25) is 0 Å². The third-order valence-corrected chi connectivity index (χ3v) is 4.73. The Balaban J connectivity index is 1.66. The van der Waals surface area contributed by atoms with Crippen LogP contribution in [0.3, 0.4) is 0 Å². The van der Waals surface area contributed by atoms with Crippen molar-refractivity contribution in [3.8, 4) is 5.75 Å². The number of hydrogen-bond acceptors (Lipinski definition) is 4. The number of anilines is 1. The lowest BCUT2D eigenvalue weighted by Crippen LogP contribution is -2.37. The highest BCUT2D eigenvalue weighted by atomic mass is 16.5. The monoisotopic (exact) mass is 339 g/mol. The summed E-state index contributed by atoms with van der Waals surface area (Å²) in [7, 11) is 1.67. The van der Waals surface area contributed by atoms with E-state index in [2.05, 4.69) is 17.2 Å². The topological polar surface area (TPSA) is 54.5 Å². The lowest BCUT2D eigenvalue weighted by molar-refractivity contribution is 0.0697. The van der Waals surface area contributed by atoms with Gasteiger partial charge in [-0.1, -0.05) is 25.1 Å². The number of ether oxygens (including phenoxy) is 1. The van der Waals surface area contributed by atoms with Gasteiger partial charge in [0.2, 0.25) is 0 Å². The van der Waals surface area contributed by atoms with Crippen molar-refractivity contribution in [2.24, 2.45) is 5.92 Å². The Morgan fingerprint density at radius 2 is 2.04 bits per heavy atom. The van der Waals surface area contributed by atoms with Crippen molar-refractivity contribution in [1.82, 2.24) is 9.88 Å². The van der Waals surface area contributed by atoms with E-state index in [-0.39, 0.29) is 5.91 Å². The van der Waals surface area contributed by atoms with Crippen LogP contribution in [0, 0.1) is 5.92 Å². The van der Waals surface area contributed by atoms with Crippen LogP contribution in [-0.4, -0.2) is 36.0 Å². The maximum Gasteiger partial charge on any atom is 0.255 e. The standard InChI is InChI=1S/C20H25N3O2/c1-15-7-9-23(10-8-15)20(24)17-11-18(14-21-12-17)22-13-16-5-3-4-6-19(16)25-2/h3-6,11-12,14-15,22H,7-10,13H2,1-2H3. The minimum absolute atomic E-state index is 0.0698. The number of benzene rings is 1. The molecule has 132 valence electrons. The summed E-state index contributed by atoms with van der Waals surface area (Å²) in [6.07, 6.45) is 5.54. The molecule has 0 spiro atoms. The normalized spacial score (nSPS) is 15.0. The van der Waals surface area contributed by atoms with E-state index in [0.29, 0.717) is 18.0 Å². The number of nitrogens with one attached hydrogen (secondary N) is 1. The van der Waals surface area contributed by atoms with Gasteiger partial charge < -0.3 is 15.0 Å². The van der Waals surface area contributed by atoms with E-state index < -0.39 is 0 Å². The summed E-state index contributed by atoms with van der Waals surface area (Å²) >= 11 is 0. The number of likely N-dealkylation sites (tertiary alicyclic amines) is 1. The molecule has 1 amide bonds. The van der Waals surface area contributed by atoms with E-state index in [1.165, 1.54) is 0 Å². The number of amides is 1. The van der Waals surface area contributed by atoms with Crippen molar-refractivity contribution < 1.29 is 9.53 Å². The Bertz CT molecular complexity index is 724. The van der Waals surface area contributed by atoms with Gasteiger partial charge in [-0.3, -0.25) is 9.78 Å². The quantitative estimate of drug-likeness (QED) is 0.905. The third kappa shape index (κ3) is 4.29. The van der Waals surface area contributed by atoms with Crippen LogP contribution in [0.25, 0.3) is 0 Å². The molecule has 0 bridgehead atoms. The second kappa shape index (κ2) is 8.01. The average Bonchev–Trinajstić information content (AvgIpc) is 2.67.